The second-order valence-electron chi connectivity index (χ2n) is 5.23. The van der Waals surface area contributed by atoms with Gasteiger partial charge in [0.05, 0.1) is 18.5 Å². The monoisotopic (exact) mass is 278 g/mol. The molecule has 6 heteroatoms. The van der Waals surface area contributed by atoms with Crippen LogP contribution < -0.4 is 10.0 Å². The molecule has 108 valence electrons. The van der Waals surface area contributed by atoms with Crippen LogP contribution in [0.5, 0.6) is 0 Å². The van der Waals surface area contributed by atoms with Gasteiger partial charge in [0.1, 0.15) is 0 Å². The molecule has 1 rings (SSSR count). The largest absolute Gasteiger partial charge is 0.378 e. The highest BCUT2D eigenvalue weighted by Gasteiger charge is 2.23. The Bertz CT molecular complexity index is 324. The van der Waals surface area contributed by atoms with Crippen molar-refractivity contribution in [1.29, 1.82) is 0 Å². The van der Waals surface area contributed by atoms with Gasteiger partial charge in [-0.25, -0.2) is 13.1 Å². The molecule has 1 atom stereocenters. The molecular weight excluding hydrogens is 252 g/mol. The van der Waals surface area contributed by atoms with Gasteiger partial charge in [0, 0.05) is 6.04 Å². The fourth-order valence-corrected chi connectivity index (χ4v) is 3.37. The number of ether oxygens (including phenoxy) is 1. The Morgan fingerprint density at radius 1 is 1.28 bits per heavy atom. The molecule has 1 saturated heterocycles. The van der Waals surface area contributed by atoms with Crippen LogP contribution in [0.25, 0.3) is 0 Å². The third-order valence-electron chi connectivity index (χ3n) is 3.26. The molecule has 0 aromatic heterocycles. The minimum atomic E-state index is -3.22. The lowest BCUT2D eigenvalue weighted by Gasteiger charge is -2.28. The van der Waals surface area contributed by atoms with E-state index in [1.54, 1.807) is 0 Å². The van der Waals surface area contributed by atoms with Gasteiger partial charge in [-0.3, -0.25) is 0 Å². The van der Waals surface area contributed by atoms with Crippen LogP contribution in [-0.2, 0) is 14.8 Å². The molecule has 0 aliphatic carbocycles. The van der Waals surface area contributed by atoms with Crippen LogP contribution in [0.1, 0.15) is 33.6 Å². The van der Waals surface area contributed by atoms with E-state index in [0.717, 1.165) is 25.9 Å². The van der Waals surface area contributed by atoms with Crippen molar-refractivity contribution in [2.45, 2.75) is 45.8 Å². The number of nitrogens with one attached hydrogen (secondary N) is 2. The lowest BCUT2D eigenvalue weighted by molar-refractivity contribution is 0.0911. The van der Waals surface area contributed by atoms with Crippen LogP contribution in [0, 0.1) is 5.92 Å². The minimum Gasteiger partial charge on any atom is -0.378 e. The van der Waals surface area contributed by atoms with Crippen LogP contribution in [0.2, 0.25) is 0 Å². The number of hydrogen-bond acceptors (Lipinski definition) is 4. The first-order valence-electron chi connectivity index (χ1n) is 6.73. The first-order chi connectivity index (χ1) is 8.41. The average Bonchev–Trinajstić information content (AvgIpc) is 2.28. The van der Waals surface area contributed by atoms with Crippen molar-refractivity contribution in [1.82, 2.24) is 10.0 Å². The third-order valence-corrected chi connectivity index (χ3v) is 4.69. The molecule has 5 nitrogen and oxygen atoms in total. The SMILES string of the molecule is CC(C)OCCS(=O)(=O)NC(C)C1CCNCC1. The van der Waals surface area contributed by atoms with Gasteiger partial charge in [-0.2, -0.15) is 0 Å². The van der Waals surface area contributed by atoms with Crippen molar-refractivity contribution in [3.63, 3.8) is 0 Å². The van der Waals surface area contributed by atoms with Crippen LogP contribution >= 0.6 is 0 Å². The Morgan fingerprint density at radius 2 is 1.89 bits per heavy atom. The van der Waals surface area contributed by atoms with Gasteiger partial charge in [-0.05, 0) is 52.6 Å². The summed E-state index contributed by atoms with van der Waals surface area (Å²) in [6.07, 6.45) is 2.14. The van der Waals surface area contributed by atoms with Crippen LogP contribution in [0.4, 0.5) is 0 Å². The second-order valence-corrected chi connectivity index (χ2v) is 7.11. The summed E-state index contributed by atoms with van der Waals surface area (Å²) in [6, 6.07) is 0.0103. The normalized spacial score (nSPS) is 20.2. The summed E-state index contributed by atoms with van der Waals surface area (Å²) in [5, 5.41) is 3.28. The standard InChI is InChI=1S/C12H26N2O3S/c1-10(2)17-8-9-18(15,16)14-11(3)12-4-6-13-7-5-12/h10-14H,4-9H2,1-3H3. The van der Waals surface area contributed by atoms with Crippen LogP contribution in [-0.4, -0.2) is 46.0 Å². The smallest absolute Gasteiger partial charge is 0.214 e. The molecule has 0 saturated carbocycles. The van der Waals surface area contributed by atoms with E-state index >= 15 is 0 Å². The van der Waals surface area contributed by atoms with Gasteiger partial charge in [-0.1, -0.05) is 0 Å². The predicted molar refractivity (Wildman–Crippen MR) is 73.1 cm³/mol. The highest BCUT2D eigenvalue weighted by Crippen LogP contribution is 2.16. The molecule has 1 fully saturated rings. The maximum Gasteiger partial charge on any atom is 0.214 e. The van der Waals surface area contributed by atoms with E-state index in [2.05, 4.69) is 10.0 Å². The van der Waals surface area contributed by atoms with E-state index in [-0.39, 0.29) is 24.5 Å². The minimum absolute atomic E-state index is 0.0103. The molecule has 1 unspecified atom stereocenters. The highest BCUT2D eigenvalue weighted by molar-refractivity contribution is 7.89. The van der Waals surface area contributed by atoms with E-state index in [9.17, 15) is 8.42 Å². The van der Waals surface area contributed by atoms with Crippen molar-refractivity contribution in [3.8, 4) is 0 Å². The Balaban J connectivity index is 2.34. The first kappa shape index (κ1) is 15.9. The van der Waals surface area contributed by atoms with Crippen molar-refractivity contribution < 1.29 is 13.2 Å². The van der Waals surface area contributed by atoms with Crippen molar-refractivity contribution in [2.24, 2.45) is 5.92 Å². The Hall–Kier alpha value is -0.170. The fraction of sp³-hybridized carbons (Fsp3) is 1.00. The summed E-state index contributed by atoms with van der Waals surface area (Å²) in [5.41, 5.74) is 0. The molecule has 2 N–H and O–H groups in total. The second kappa shape index (κ2) is 7.43. The number of sulfonamides is 1. The first-order valence-corrected chi connectivity index (χ1v) is 8.38. The Morgan fingerprint density at radius 3 is 2.44 bits per heavy atom. The van der Waals surface area contributed by atoms with E-state index in [1.165, 1.54) is 0 Å². The molecule has 0 radical (unpaired) electrons. The predicted octanol–water partition coefficient (Wildman–Crippen LogP) is 0.719. The zero-order valence-corrected chi connectivity index (χ0v) is 12.4. The molecule has 0 aromatic rings. The summed E-state index contributed by atoms with van der Waals surface area (Å²) >= 11 is 0. The number of rotatable bonds is 7. The molecule has 18 heavy (non-hydrogen) atoms. The van der Waals surface area contributed by atoms with E-state index in [0.29, 0.717) is 5.92 Å². The summed E-state index contributed by atoms with van der Waals surface area (Å²) in [6.45, 7) is 7.97. The molecule has 1 aliphatic rings. The summed E-state index contributed by atoms with van der Waals surface area (Å²) in [5.74, 6) is 0.479. The van der Waals surface area contributed by atoms with Gasteiger partial charge in [0.2, 0.25) is 10.0 Å². The lowest BCUT2D eigenvalue weighted by atomic mass is 9.92. The molecule has 0 amide bonds. The zero-order valence-electron chi connectivity index (χ0n) is 11.6. The van der Waals surface area contributed by atoms with Crippen molar-refractivity contribution >= 4 is 10.0 Å². The molecule has 0 bridgehead atoms. The zero-order chi connectivity index (χ0) is 13.6. The van der Waals surface area contributed by atoms with E-state index in [4.69, 9.17) is 4.74 Å². The molecule has 0 spiro atoms. The maximum atomic E-state index is 11.9. The van der Waals surface area contributed by atoms with Crippen molar-refractivity contribution in [2.75, 3.05) is 25.4 Å². The number of piperidine rings is 1. The van der Waals surface area contributed by atoms with Gasteiger partial charge in [0.15, 0.2) is 0 Å². The van der Waals surface area contributed by atoms with Gasteiger partial charge in [-0.15, -0.1) is 0 Å². The third kappa shape index (κ3) is 6.13. The van der Waals surface area contributed by atoms with Crippen LogP contribution in [0.3, 0.4) is 0 Å². The molecular formula is C12H26N2O3S. The average molecular weight is 278 g/mol. The quantitative estimate of drug-likeness (QED) is 0.720. The van der Waals surface area contributed by atoms with Gasteiger partial charge < -0.3 is 10.1 Å². The summed E-state index contributed by atoms with van der Waals surface area (Å²) in [7, 11) is -3.22. The lowest BCUT2D eigenvalue weighted by Crippen LogP contribution is -2.43. The van der Waals surface area contributed by atoms with E-state index < -0.39 is 10.0 Å². The summed E-state index contributed by atoms with van der Waals surface area (Å²) in [4.78, 5) is 0. The highest BCUT2D eigenvalue weighted by atomic mass is 32.2. The van der Waals surface area contributed by atoms with Crippen molar-refractivity contribution in [3.05, 3.63) is 0 Å². The van der Waals surface area contributed by atoms with E-state index in [1.807, 2.05) is 20.8 Å². The fourth-order valence-electron chi connectivity index (χ4n) is 2.18. The van der Waals surface area contributed by atoms with Crippen LogP contribution in [0.15, 0.2) is 0 Å². The Labute approximate surface area is 111 Å². The van der Waals surface area contributed by atoms with Gasteiger partial charge >= 0.3 is 0 Å². The molecule has 1 aliphatic heterocycles. The maximum absolute atomic E-state index is 11.9. The van der Waals surface area contributed by atoms with Gasteiger partial charge in [0.25, 0.3) is 0 Å². The molecule has 0 aromatic carbocycles. The Kier molecular flexibility index (Phi) is 6.55. The topological polar surface area (TPSA) is 67.4 Å². The summed E-state index contributed by atoms with van der Waals surface area (Å²) < 4.78 is 31.8. The molecule has 1 heterocycles. The number of hydrogen-bond donors (Lipinski definition) is 2.